The number of rotatable bonds is 2. The molecule has 0 saturated carbocycles. The van der Waals surface area contributed by atoms with Gasteiger partial charge in [-0.25, -0.2) is 15.8 Å². The first kappa shape index (κ1) is 13.5. The largest absolute Gasteiger partial charge is 0.369 e. The van der Waals surface area contributed by atoms with Crippen molar-refractivity contribution in [3.8, 4) is 0 Å². The van der Waals surface area contributed by atoms with E-state index in [1.807, 2.05) is 0 Å². The molecule has 1 aliphatic rings. The first-order valence-electron chi connectivity index (χ1n) is 5.83. The van der Waals surface area contributed by atoms with Crippen LogP contribution in [-0.4, -0.2) is 34.8 Å². The Hall–Kier alpha value is -0.920. The predicted octanol–water partition coefficient (Wildman–Crippen LogP) is 1.53. The van der Waals surface area contributed by atoms with Crippen LogP contribution in [0.25, 0.3) is 0 Å². The van der Waals surface area contributed by atoms with Crippen molar-refractivity contribution in [1.29, 1.82) is 0 Å². The zero-order valence-electron chi connectivity index (χ0n) is 10.8. The topological polar surface area (TPSA) is 76.3 Å². The van der Waals surface area contributed by atoms with E-state index in [1.165, 1.54) is 6.33 Å². The van der Waals surface area contributed by atoms with Crippen molar-refractivity contribution >= 4 is 27.6 Å². The number of hydrogen-bond donors (Lipinski definition) is 2. The third-order valence-electron chi connectivity index (χ3n) is 2.78. The van der Waals surface area contributed by atoms with E-state index < -0.39 is 0 Å². The van der Waals surface area contributed by atoms with Gasteiger partial charge in [-0.2, -0.15) is 0 Å². The number of morpholine rings is 1. The molecule has 18 heavy (non-hydrogen) atoms. The summed E-state index contributed by atoms with van der Waals surface area (Å²) in [4.78, 5) is 10.6. The van der Waals surface area contributed by atoms with Gasteiger partial charge in [-0.15, -0.1) is 0 Å². The van der Waals surface area contributed by atoms with Crippen LogP contribution in [0.1, 0.15) is 20.8 Å². The van der Waals surface area contributed by atoms with Gasteiger partial charge in [-0.1, -0.05) is 0 Å². The molecular formula is C11H18BrN5O. The lowest BCUT2D eigenvalue weighted by Crippen LogP contribution is -2.52. The lowest BCUT2D eigenvalue weighted by molar-refractivity contribution is -0.0752. The van der Waals surface area contributed by atoms with Gasteiger partial charge >= 0.3 is 0 Å². The molecule has 1 fully saturated rings. The van der Waals surface area contributed by atoms with Crippen molar-refractivity contribution in [1.82, 2.24) is 9.97 Å². The van der Waals surface area contributed by atoms with Crippen LogP contribution >= 0.6 is 15.9 Å². The number of halogens is 1. The normalized spacial score (nSPS) is 22.9. The van der Waals surface area contributed by atoms with Crippen LogP contribution in [0.2, 0.25) is 0 Å². The molecule has 1 aliphatic heterocycles. The highest BCUT2D eigenvalue weighted by atomic mass is 79.9. The second-order valence-corrected chi connectivity index (χ2v) is 5.87. The van der Waals surface area contributed by atoms with Crippen LogP contribution in [-0.2, 0) is 4.74 Å². The highest BCUT2D eigenvalue weighted by molar-refractivity contribution is 9.10. The van der Waals surface area contributed by atoms with Crippen molar-refractivity contribution in [2.24, 2.45) is 5.84 Å². The van der Waals surface area contributed by atoms with Gasteiger partial charge in [0.1, 0.15) is 16.6 Å². The van der Waals surface area contributed by atoms with E-state index in [0.29, 0.717) is 5.82 Å². The number of nitrogen functional groups attached to an aromatic ring is 1. The summed E-state index contributed by atoms with van der Waals surface area (Å²) in [5.41, 5.74) is 2.35. The Labute approximate surface area is 115 Å². The molecule has 1 aromatic rings. The quantitative estimate of drug-likeness (QED) is 0.636. The number of hydrazine groups is 1. The maximum absolute atomic E-state index is 5.88. The van der Waals surface area contributed by atoms with Crippen molar-refractivity contribution in [3.63, 3.8) is 0 Å². The summed E-state index contributed by atoms with van der Waals surface area (Å²) in [6.07, 6.45) is 1.66. The van der Waals surface area contributed by atoms with Gasteiger partial charge in [0.05, 0.1) is 11.7 Å². The fourth-order valence-electron chi connectivity index (χ4n) is 2.30. The minimum atomic E-state index is -0.196. The molecule has 7 heteroatoms. The highest BCUT2D eigenvalue weighted by Crippen LogP contribution is 2.32. The van der Waals surface area contributed by atoms with E-state index in [2.05, 4.69) is 57.0 Å². The molecule has 100 valence electrons. The number of anilines is 2. The third kappa shape index (κ3) is 2.73. The minimum Gasteiger partial charge on any atom is -0.369 e. The summed E-state index contributed by atoms with van der Waals surface area (Å²) in [5, 5.41) is 0. The van der Waals surface area contributed by atoms with E-state index in [4.69, 9.17) is 10.6 Å². The Morgan fingerprint density at radius 3 is 2.89 bits per heavy atom. The standard InChI is InChI=1S/C11H18BrN5O/c1-7-4-17(5-11(2,3)18-7)10-8(12)9(16-13)14-6-15-10/h6-7H,4-5,13H2,1-3H3,(H,14,15,16). The monoisotopic (exact) mass is 315 g/mol. The molecule has 0 spiro atoms. The molecule has 2 heterocycles. The fourth-order valence-corrected chi connectivity index (χ4v) is 2.87. The Morgan fingerprint density at radius 2 is 2.28 bits per heavy atom. The molecule has 3 N–H and O–H groups in total. The fraction of sp³-hybridized carbons (Fsp3) is 0.636. The Bertz CT molecular complexity index is 439. The molecule has 6 nitrogen and oxygen atoms in total. The summed E-state index contributed by atoms with van der Waals surface area (Å²) in [5.74, 6) is 6.83. The van der Waals surface area contributed by atoms with Crippen LogP contribution in [0.5, 0.6) is 0 Å². The molecule has 1 saturated heterocycles. The number of nitrogens with zero attached hydrogens (tertiary/aromatic N) is 3. The molecule has 0 bridgehead atoms. The third-order valence-corrected chi connectivity index (χ3v) is 3.51. The highest BCUT2D eigenvalue weighted by Gasteiger charge is 2.33. The summed E-state index contributed by atoms with van der Waals surface area (Å²) < 4.78 is 6.66. The van der Waals surface area contributed by atoms with Gasteiger partial charge in [0.2, 0.25) is 0 Å². The van der Waals surface area contributed by atoms with Crippen LogP contribution in [0.3, 0.4) is 0 Å². The van der Waals surface area contributed by atoms with Crippen LogP contribution in [0.15, 0.2) is 10.8 Å². The van der Waals surface area contributed by atoms with Crippen LogP contribution in [0, 0.1) is 0 Å². The first-order valence-corrected chi connectivity index (χ1v) is 6.62. The van der Waals surface area contributed by atoms with E-state index in [0.717, 1.165) is 23.4 Å². The van der Waals surface area contributed by atoms with Crippen molar-refractivity contribution < 1.29 is 4.74 Å². The van der Waals surface area contributed by atoms with Crippen LogP contribution < -0.4 is 16.2 Å². The van der Waals surface area contributed by atoms with E-state index >= 15 is 0 Å². The number of aromatic nitrogens is 2. The zero-order chi connectivity index (χ0) is 13.3. The molecule has 0 amide bonds. The summed E-state index contributed by atoms with van der Waals surface area (Å²) in [7, 11) is 0. The SMILES string of the molecule is CC1CN(c2ncnc(NN)c2Br)CC(C)(C)O1. The molecule has 1 unspecified atom stereocenters. The van der Waals surface area contributed by atoms with Gasteiger partial charge in [-0.05, 0) is 36.7 Å². The first-order chi connectivity index (χ1) is 8.43. The Kier molecular flexibility index (Phi) is 3.74. The smallest absolute Gasteiger partial charge is 0.159 e. The number of hydrogen-bond acceptors (Lipinski definition) is 6. The molecule has 0 aliphatic carbocycles. The lowest BCUT2D eigenvalue weighted by Gasteiger charge is -2.42. The van der Waals surface area contributed by atoms with Gasteiger partial charge in [0.25, 0.3) is 0 Å². The maximum Gasteiger partial charge on any atom is 0.159 e. The Morgan fingerprint density at radius 1 is 1.56 bits per heavy atom. The summed E-state index contributed by atoms with van der Waals surface area (Å²) >= 11 is 3.48. The van der Waals surface area contributed by atoms with E-state index in [1.54, 1.807) is 0 Å². The number of nitrogens with two attached hydrogens (primary N) is 1. The zero-order valence-corrected chi connectivity index (χ0v) is 12.4. The molecular weight excluding hydrogens is 298 g/mol. The molecule has 0 radical (unpaired) electrons. The average molecular weight is 316 g/mol. The van der Waals surface area contributed by atoms with Crippen LogP contribution in [0.4, 0.5) is 11.6 Å². The second-order valence-electron chi connectivity index (χ2n) is 5.07. The average Bonchev–Trinajstić information content (AvgIpc) is 2.26. The van der Waals surface area contributed by atoms with Crippen molar-refractivity contribution in [3.05, 3.63) is 10.8 Å². The molecule has 0 aromatic carbocycles. The van der Waals surface area contributed by atoms with E-state index in [9.17, 15) is 0 Å². The Balaban J connectivity index is 2.31. The molecule has 2 rings (SSSR count). The predicted molar refractivity (Wildman–Crippen MR) is 74.4 cm³/mol. The van der Waals surface area contributed by atoms with Crippen molar-refractivity contribution in [2.45, 2.75) is 32.5 Å². The van der Waals surface area contributed by atoms with Gasteiger partial charge in [0, 0.05) is 13.1 Å². The van der Waals surface area contributed by atoms with Gasteiger partial charge < -0.3 is 15.1 Å². The minimum absolute atomic E-state index is 0.157. The van der Waals surface area contributed by atoms with Crippen molar-refractivity contribution in [2.75, 3.05) is 23.4 Å². The number of ether oxygens (including phenoxy) is 1. The lowest BCUT2D eigenvalue weighted by atomic mass is 10.1. The van der Waals surface area contributed by atoms with Gasteiger partial charge in [0.15, 0.2) is 5.82 Å². The molecule has 1 atom stereocenters. The summed E-state index contributed by atoms with van der Waals surface area (Å²) in [6, 6.07) is 0. The van der Waals surface area contributed by atoms with Gasteiger partial charge in [-0.3, -0.25) is 0 Å². The number of nitrogens with one attached hydrogen (secondary N) is 1. The summed E-state index contributed by atoms with van der Waals surface area (Å²) in [6.45, 7) is 7.78. The second kappa shape index (κ2) is 4.99. The molecule has 1 aromatic heterocycles. The van der Waals surface area contributed by atoms with E-state index in [-0.39, 0.29) is 11.7 Å². The maximum atomic E-state index is 5.88.